The number of benzene rings is 1. The Balaban J connectivity index is 3.01. The molecule has 4 heteroatoms. The third kappa shape index (κ3) is 2.89. The number of nitrogens with one attached hydrogen (secondary N) is 1. The third-order valence-electron chi connectivity index (χ3n) is 2.01. The van der Waals surface area contributed by atoms with Crippen molar-refractivity contribution < 1.29 is 14.2 Å². The van der Waals surface area contributed by atoms with Gasteiger partial charge in [-0.25, -0.2) is 0 Å². The van der Waals surface area contributed by atoms with Crippen molar-refractivity contribution in [1.29, 1.82) is 5.41 Å². The molecular formula is C12H17NO3. The van der Waals surface area contributed by atoms with E-state index in [9.17, 15) is 0 Å². The molecule has 0 spiro atoms. The first-order valence-electron chi connectivity index (χ1n) is 5.25. The second-order valence-electron chi connectivity index (χ2n) is 3.06. The van der Waals surface area contributed by atoms with Crippen molar-refractivity contribution in [2.75, 3.05) is 20.3 Å². The number of ether oxygens (including phenoxy) is 3. The van der Waals surface area contributed by atoms with Gasteiger partial charge in [-0.15, -0.1) is 0 Å². The molecular weight excluding hydrogens is 206 g/mol. The minimum atomic E-state index is 0.115. The summed E-state index contributed by atoms with van der Waals surface area (Å²) in [6.45, 7) is 4.97. The summed E-state index contributed by atoms with van der Waals surface area (Å²) >= 11 is 0. The second kappa shape index (κ2) is 6.00. The number of hydrogen-bond acceptors (Lipinski definition) is 4. The molecule has 0 heterocycles. The topological polar surface area (TPSA) is 51.5 Å². The second-order valence-corrected chi connectivity index (χ2v) is 3.06. The summed E-state index contributed by atoms with van der Waals surface area (Å²) in [5.41, 5.74) is 0.675. The molecule has 0 radical (unpaired) electrons. The molecule has 4 nitrogen and oxygen atoms in total. The Hall–Kier alpha value is -1.71. The summed E-state index contributed by atoms with van der Waals surface area (Å²) in [4.78, 5) is 0. The standard InChI is InChI=1S/C12H17NO3/c1-4-15-10-7-6-9(12(13)14-3)8-11(10)16-5-2/h6-8,13H,4-5H2,1-3H3. The lowest BCUT2D eigenvalue weighted by molar-refractivity contribution is 0.287. The maximum atomic E-state index is 7.56. The molecule has 0 atom stereocenters. The quantitative estimate of drug-likeness (QED) is 0.616. The van der Waals surface area contributed by atoms with Crippen molar-refractivity contribution in [3.63, 3.8) is 0 Å². The first kappa shape index (κ1) is 12.4. The number of hydrogen-bond donors (Lipinski definition) is 1. The van der Waals surface area contributed by atoms with Crippen LogP contribution >= 0.6 is 0 Å². The predicted octanol–water partition coefficient (Wildman–Crippen LogP) is 2.46. The van der Waals surface area contributed by atoms with Crippen LogP contribution in [-0.2, 0) is 4.74 Å². The van der Waals surface area contributed by atoms with Crippen molar-refractivity contribution in [3.05, 3.63) is 23.8 Å². The van der Waals surface area contributed by atoms with E-state index in [1.807, 2.05) is 13.8 Å². The van der Waals surface area contributed by atoms with E-state index in [-0.39, 0.29) is 5.90 Å². The molecule has 88 valence electrons. The third-order valence-corrected chi connectivity index (χ3v) is 2.01. The van der Waals surface area contributed by atoms with Gasteiger partial charge in [-0.2, -0.15) is 0 Å². The molecule has 1 aromatic carbocycles. The lowest BCUT2D eigenvalue weighted by atomic mass is 10.2. The Morgan fingerprint density at radius 2 is 1.75 bits per heavy atom. The van der Waals surface area contributed by atoms with Crippen LogP contribution in [0.1, 0.15) is 19.4 Å². The molecule has 0 unspecified atom stereocenters. The Kier molecular flexibility index (Phi) is 4.64. The highest BCUT2D eigenvalue weighted by molar-refractivity contribution is 5.92. The molecule has 0 bridgehead atoms. The first-order valence-corrected chi connectivity index (χ1v) is 5.25. The van der Waals surface area contributed by atoms with Crippen LogP contribution in [0.25, 0.3) is 0 Å². The lowest BCUT2D eigenvalue weighted by Crippen LogP contribution is -2.04. The van der Waals surface area contributed by atoms with Gasteiger partial charge in [0.15, 0.2) is 11.5 Å². The average molecular weight is 223 g/mol. The molecule has 0 aromatic heterocycles. The van der Waals surface area contributed by atoms with Crippen LogP contribution in [0.15, 0.2) is 18.2 Å². The van der Waals surface area contributed by atoms with E-state index >= 15 is 0 Å². The Morgan fingerprint density at radius 3 is 2.31 bits per heavy atom. The molecule has 0 aliphatic rings. The van der Waals surface area contributed by atoms with E-state index in [1.165, 1.54) is 7.11 Å². The van der Waals surface area contributed by atoms with Gasteiger partial charge >= 0.3 is 0 Å². The fourth-order valence-corrected chi connectivity index (χ4v) is 1.31. The van der Waals surface area contributed by atoms with Gasteiger partial charge in [-0.3, -0.25) is 5.41 Å². The van der Waals surface area contributed by atoms with Gasteiger partial charge in [0.1, 0.15) is 0 Å². The van der Waals surface area contributed by atoms with Crippen LogP contribution < -0.4 is 9.47 Å². The van der Waals surface area contributed by atoms with Crippen LogP contribution in [0.4, 0.5) is 0 Å². The normalized spacial score (nSPS) is 9.69. The SMILES string of the molecule is CCOc1ccc(C(=N)OC)cc1OCC. The van der Waals surface area contributed by atoms with E-state index in [4.69, 9.17) is 19.6 Å². The van der Waals surface area contributed by atoms with Crippen LogP contribution in [0.5, 0.6) is 11.5 Å². The molecule has 1 aromatic rings. The Morgan fingerprint density at radius 1 is 1.12 bits per heavy atom. The fourth-order valence-electron chi connectivity index (χ4n) is 1.31. The molecule has 0 saturated heterocycles. The van der Waals surface area contributed by atoms with E-state index < -0.39 is 0 Å². The number of rotatable bonds is 5. The smallest absolute Gasteiger partial charge is 0.213 e. The van der Waals surface area contributed by atoms with Gasteiger partial charge in [0.05, 0.1) is 20.3 Å². The zero-order valence-electron chi connectivity index (χ0n) is 9.87. The molecule has 1 N–H and O–H groups in total. The van der Waals surface area contributed by atoms with Gasteiger partial charge in [0, 0.05) is 5.56 Å². The Labute approximate surface area is 95.6 Å². The molecule has 0 saturated carbocycles. The summed E-state index contributed by atoms with van der Waals surface area (Å²) in [5.74, 6) is 1.45. The van der Waals surface area contributed by atoms with Crippen molar-refractivity contribution in [2.24, 2.45) is 0 Å². The molecule has 1 rings (SSSR count). The van der Waals surface area contributed by atoms with E-state index in [0.717, 1.165) is 0 Å². The van der Waals surface area contributed by atoms with Gasteiger partial charge in [-0.05, 0) is 32.0 Å². The van der Waals surface area contributed by atoms with E-state index in [0.29, 0.717) is 30.3 Å². The van der Waals surface area contributed by atoms with Crippen LogP contribution in [0.3, 0.4) is 0 Å². The van der Waals surface area contributed by atoms with Crippen LogP contribution in [0, 0.1) is 5.41 Å². The molecule has 0 fully saturated rings. The van der Waals surface area contributed by atoms with Crippen molar-refractivity contribution in [1.82, 2.24) is 0 Å². The summed E-state index contributed by atoms with van der Waals surface area (Å²) in [6.07, 6.45) is 0. The highest BCUT2D eigenvalue weighted by Crippen LogP contribution is 2.28. The zero-order valence-corrected chi connectivity index (χ0v) is 9.87. The minimum Gasteiger partial charge on any atom is -0.490 e. The van der Waals surface area contributed by atoms with Gasteiger partial charge in [-0.1, -0.05) is 0 Å². The van der Waals surface area contributed by atoms with Crippen molar-refractivity contribution in [3.8, 4) is 11.5 Å². The summed E-state index contributed by atoms with van der Waals surface area (Å²) in [7, 11) is 1.47. The highest BCUT2D eigenvalue weighted by atomic mass is 16.5. The van der Waals surface area contributed by atoms with Gasteiger partial charge in [0.25, 0.3) is 0 Å². The van der Waals surface area contributed by atoms with Gasteiger partial charge in [0.2, 0.25) is 5.90 Å². The van der Waals surface area contributed by atoms with Crippen LogP contribution in [0.2, 0.25) is 0 Å². The molecule has 0 amide bonds. The summed E-state index contributed by atoms with van der Waals surface area (Å²) in [6, 6.07) is 5.32. The maximum Gasteiger partial charge on any atom is 0.213 e. The highest BCUT2D eigenvalue weighted by Gasteiger charge is 2.08. The largest absolute Gasteiger partial charge is 0.490 e. The Bertz CT molecular complexity index is 363. The number of methoxy groups -OCH3 is 1. The first-order chi connectivity index (χ1) is 7.72. The minimum absolute atomic E-state index is 0.115. The fraction of sp³-hybridized carbons (Fsp3) is 0.417. The van der Waals surface area contributed by atoms with Crippen molar-refractivity contribution in [2.45, 2.75) is 13.8 Å². The monoisotopic (exact) mass is 223 g/mol. The maximum absolute atomic E-state index is 7.56. The van der Waals surface area contributed by atoms with Crippen molar-refractivity contribution >= 4 is 5.90 Å². The van der Waals surface area contributed by atoms with E-state index in [1.54, 1.807) is 18.2 Å². The zero-order chi connectivity index (χ0) is 12.0. The summed E-state index contributed by atoms with van der Waals surface area (Å²) < 4.78 is 15.7. The molecule has 0 aliphatic carbocycles. The predicted molar refractivity (Wildman–Crippen MR) is 62.6 cm³/mol. The lowest BCUT2D eigenvalue weighted by Gasteiger charge is -2.12. The van der Waals surface area contributed by atoms with E-state index in [2.05, 4.69) is 0 Å². The molecule has 16 heavy (non-hydrogen) atoms. The molecule has 0 aliphatic heterocycles. The summed E-state index contributed by atoms with van der Waals surface area (Å²) in [5, 5.41) is 7.56. The average Bonchev–Trinajstić information content (AvgIpc) is 2.31. The van der Waals surface area contributed by atoms with Gasteiger partial charge < -0.3 is 14.2 Å². The van der Waals surface area contributed by atoms with Crippen LogP contribution in [-0.4, -0.2) is 26.2 Å².